The molecule has 6 heteroatoms. The van der Waals surface area contributed by atoms with Gasteiger partial charge in [-0.1, -0.05) is 18.2 Å². The number of hydrogen-bond donors (Lipinski definition) is 1. The molecule has 0 unspecified atom stereocenters. The fourth-order valence-electron chi connectivity index (χ4n) is 3.09. The van der Waals surface area contributed by atoms with Gasteiger partial charge in [0.15, 0.2) is 0 Å². The van der Waals surface area contributed by atoms with Crippen molar-refractivity contribution < 1.29 is 19.4 Å². The summed E-state index contributed by atoms with van der Waals surface area (Å²) in [6.07, 6.45) is 5.03. The van der Waals surface area contributed by atoms with Crippen molar-refractivity contribution in [2.45, 2.75) is 39.2 Å². The van der Waals surface area contributed by atoms with E-state index >= 15 is 0 Å². The van der Waals surface area contributed by atoms with Crippen LogP contribution >= 0.6 is 12.4 Å². The quantitative estimate of drug-likeness (QED) is 0.519. The second-order valence-electron chi connectivity index (χ2n) is 6.90. The van der Waals surface area contributed by atoms with Gasteiger partial charge in [0.2, 0.25) is 0 Å². The van der Waals surface area contributed by atoms with Gasteiger partial charge in [-0.2, -0.15) is 0 Å². The minimum Gasteiger partial charge on any atom is -0.493 e. The van der Waals surface area contributed by atoms with E-state index in [1.807, 2.05) is 62.5 Å². The molecule has 0 aliphatic rings. The Morgan fingerprint density at radius 2 is 2.03 bits per heavy atom. The Morgan fingerprint density at radius 3 is 2.79 bits per heavy atom. The molecule has 3 aromatic rings. The lowest BCUT2D eigenvalue weighted by atomic mass is 10.0. The van der Waals surface area contributed by atoms with Gasteiger partial charge in [-0.3, -0.25) is 9.78 Å². The van der Waals surface area contributed by atoms with Crippen LogP contribution in [-0.4, -0.2) is 28.8 Å². The van der Waals surface area contributed by atoms with Gasteiger partial charge in [0, 0.05) is 36.0 Å². The molecule has 0 aliphatic carbocycles. The Bertz CT molecular complexity index is 955. The standard InChI is InChI=1S/C23H25NO4.ClH/c1-16-14-20(8-6-18(16)7-9-23(25)26)27-13-11-17(2)28-22-5-3-4-19-15-24-12-10-21(19)22;/h3-6,8,10,12,14-15,17H,7,9,11,13H2,1-2H3,(H,25,26);1H/t17-;/m1./s1. The summed E-state index contributed by atoms with van der Waals surface area (Å²) in [5, 5.41) is 10.9. The van der Waals surface area contributed by atoms with E-state index in [-0.39, 0.29) is 24.9 Å². The van der Waals surface area contributed by atoms with E-state index in [0.717, 1.165) is 39.8 Å². The average molecular weight is 416 g/mol. The zero-order valence-electron chi connectivity index (χ0n) is 16.6. The number of carbonyl (C=O) groups is 1. The number of halogens is 1. The van der Waals surface area contributed by atoms with Crippen molar-refractivity contribution in [3.05, 3.63) is 66.0 Å². The van der Waals surface area contributed by atoms with Gasteiger partial charge in [0.1, 0.15) is 11.5 Å². The summed E-state index contributed by atoms with van der Waals surface area (Å²) < 4.78 is 12.0. The van der Waals surface area contributed by atoms with Crippen LogP contribution < -0.4 is 9.47 Å². The predicted octanol–water partition coefficient (Wildman–Crippen LogP) is 5.22. The van der Waals surface area contributed by atoms with Crippen LogP contribution in [0.4, 0.5) is 0 Å². The third kappa shape index (κ3) is 6.36. The van der Waals surface area contributed by atoms with Crippen molar-refractivity contribution in [2.75, 3.05) is 6.61 Å². The highest BCUT2D eigenvalue weighted by molar-refractivity contribution is 5.87. The van der Waals surface area contributed by atoms with Gasteiger partial charge in [0.05, 0.1) is 12.7 Å². The molecule has 0 bridgehead atoms. The first kappa shape index (κ1) is 22.5. The lowest BCUT2D eigenvalue weighted by Crippen LogP contribution is -2.16. The number of fused-ring (bicyclic) bond motifs is 1. The molecular formula is C23H26ClNO4. The molecule has 0 saturated heterocycles. The van der Waals surface area contributed by atoms with E-state index in [1.54, 1.807) is 6.20 Å². The summed E-state index contributed by atoms with van der Waals surface area (Å²) in [6.45, 7) is 4.55. The Morgan fingerprint density at radius 1 is 1.21 bits per heavy atom. The number of carboxylic acid groups (broad SMARTS) is 1. The Labute approximate surface area is 177 Å². The van der Waals surface area contributed by atoms with E-state index in [2.05, 4.69) is 4.98 Å². The maximum Gasteiger partial charge on any atom is 0.303 e. The van der Waals surface area contributed by atoms with E-state index in [9.17, 15) is 4.79 Å². The number of benzene rings is 2. The molecule has 0 fully saturated rings. The highest BCUT2D eigenvalue weighted by Gasteiger charge is 2.09. The topological polar surface area (TPSA) is 68.7 Å². The molecule has 2 aromatic carbocycles. The molecule has 1 N–H and O–H groups in total. The van der Waals surface area contributed by atoms with Crippen molar-refractivity contribution in [1.82, 2.24) is 4.98 Å². The Balaban J connectivity index is 0.00000300. The third-order valence-electron chi connectivity index (χ3n) is 4.68. The molecule has 154 valence electrons. The Hall–Kier alpha value is -2.79. The number of nitrogens with zero attached hydrogens (tertiary/aromatic N) is 1. The van der Waals surface area contributed by atoms with Crippen LogP contribution in [0.3, 0.4) is 0 Å². The summed E-state index contributed by atoms with van der Waals surface area (Å²) in [5.41, 5.74) is 2.09. The predicted molar refractivity (Wildman–Crippen MR) is 116 cm³/mol. The summed E-state index contributed by atoms with van der Waals surface area (Å²) in [4.78, 5) is 14.9. The zero-order chi connectivity index (χ0) is 19.9. The molecule has 0 amide bonds. The number of rotatable bonds is 9. The molecule has 1 aromatic heterocycles. The number of ether oxygens (including phenoxy) is 2. The number of pyridine rings is 1. The van der Waals surface area contributed by atoms with Gasteiger partial charge < -0.3 is 14.6 Å². The fraction of sp³-hybridized carbons (Fsp3) is 0.304. The maximum absolute atomic E-state index is 10.7. The smallest absolute Gasteiger partial charge is 0.303 e. The van der Waals surface area contributed by atoms with E-state index in [0.29, 0.717) is 13.0 Å². The number of carboxylic acids is 1. The van der Waals surface area contributed by atoms with Gasteiger partial charge in [-0.15, -0.1) is 12.4 Å². The van der Waals surface area contributed by atoms with Crippen LogP contribution in [-0.2, 0) is 11.2 Å². The first-order chi connectivity index (χ1) is 13.5. The largest absolute Gasteiger partial charge is 0.493 e. The molecule has 0 spiro atoms. The molecule has 1 heterocycles. The first-order valence-electron chi connectivity index (χ1n) is 9.46. The molecule has 0 aliphatic heterocycles. The van der Waals surface area contributed by atoms with Crippen molar-refractivity contribution in [3.63, 3.8) is 0 Å². The maximum atomic E-state index is 10.7. The van der Waals surface area contributed by atoms with Crippen molar-refractivity contribution >= 4 is 29.1 Å². The van der Waals surface area contributed by atoms with Crippen LogP contribution in [0.5, 0.6) is 11.5 Å². The van der Waals surface area contributed by atoms with E-state index in [4.69, 9.17) is 14.6 Å². The number of aryl methyl sites for hydroxylation is 2. The van der Waals surface area contributed by atoms with Crippen LogP contribution in [0.1, 0.15) is 30.9 Å². The molecule has 3 rings (SSSR count). The summed E-state index contributed by atoms with van der Waals surface area (Å²) in [7, 11) is 0. The SMILES string of the molecule is Cc1cc(OCC[C@@H](C)Oc2cccc3cnccc23)ccc1CCC(=O)O.Cl. The first-order valence-corrected chi connectivity index (χ1v) is 9.46. The molecule has 5 nitrogen and oxygen atoms in total. The minimum absolute atomic E-state index is 0. The minimum atomic E-state index is -0.781. The van der Waals surface area contributed by atoms with Crippen molar-refractivity contribution in [1.29, 1.82) is 0 Å². The Kier molecular flexibility index (Phi) is 8.28. The van der Waals surface area contributed by atoms with Gasteiger partial charge in [0.25, 0.3) is 0 Å². The second-order valence-corrected chi connectivity index (χ2v) is 6.90. The van der Waals surface area contributed by atoms with Gasteiger partial charge in [-0.05, 0) is 55.7 Å². The lowest BCUT2D eigenvalue weighted by Gasteiger charge is -2.17. The number of aliphatic carboxylic acids is 1. The number of aromatic nitrogens is 1. The van der Waals surface area contributed by atoms with Crippen LogP contribution in [0, 0.1) is 6.92 Å². The number of hydrogen-bond acceptors (Lipinski definition) is 4. The third-order valence-corrected chi connectivity index (χ3v) is 4.68. The average Bonchev–Trinajstić information content (AvgIpc) is 2.67. The monoisotopic (exact) mass is 415 g/mol. The highest BCUT2D eigenvalue weighted by Crippen LogP contribution is 2.26. The van der Waals surface area contributed by atoms with E-state index in [1.165, 1.54) is 0 Å². The highest BCUT2D eigenvalue weighted by atomic mass is 35.5. The van der Waals surface area contributed by atoms with E-state index < -0.39 is 5.97 Å². The molecule has 29 heavy (non-hydrogen) atoms. The van der Waals surface area contributed by atoms with Gasteiger partial charge in [-0.25, -0.2) is 0 Å². The van der Waals surface area contributed by atoms with Crippen LogP contribution in [0.2, 0.25) is 0 Å². The van der Waals surface area contributed by atoms with Crippen LogP contribution in [0.15, 0.2) is 54.9 Å². The fourth-order valence-corrected chi connectivity index (χ4v) is 3.09. The zero-order valence-corrected chi connectivity index (χ0v) is 17.4. The van der Waals surface area contributed by atoms with Crippen LogP contribution in [0.25, 0.3) is 10.8 Å². The molecule has 1 atom stereocenters. The van der Waals surface area contributed by atoms with Gasteiger partial charge >= 0.3 is 5.97 Å². The summed E-state index contributed by atoms with van der Waals surface area (Å²) in [5.74, 6) is 0.863. The molecular weight excluding hydrogens is 390 g/mol. The molecule has 0 radical (unpaired) electrons. The normalized spacial score (nSPS) is 11.5. The second kappa shape index (κ2) is 10.7. The van der Waals surface area contributed by atoms with Crippen molar-refractivity contribution in [3.8, 4) is 11.5 Å². The summed E-state index contributed by atoms with van der Waals surface area (Å²) in [6, 6.07) is 13.7. The van der Waals surface area contributed by atoms with Crippen molar-refractivity contribution in [2.24, 2.45) is 0 Å². The summed E-state index contributed by atoms with van der Waals surface area (Å²) >= 11 is 0. The lowest BCUT2D eigenvalue weighted by molar-refractivity contribution is -0.136. The molecule has 0 saturated carbocycles.